The van der Waals surface area contributed by atoms with E-state index in [1.165, 1.54) is 11.8 Å². The molecule has 0 spiro atoms. The van der Waals surface area contributed by atoms with Gasteiger partial charge < -0.3 is 8.83 Å². The number of hydrogen-bond donors (Lipinski definition) is 1. The van der Waals surface area contributed by atoms with E-state index in [9.17, 15) is 4.79 Å². The van der Waals surface area contributed by atoms with Crippen molar-refractivity contribution >= 4 is 11.9 Å². The molecule has 1 N–H and O–H groups in total. The van der Waals surface area contributed by atoms with Crippen molar-refractivity contribution in [2.75, 3.05) is 5.32 Å². The highest BCUT2D eigenvalue weighted by molar-refractivity contribution is 5.90. The molecule has 0 atom stereocenters. The van der Waals surface area contributed by atoms with Gasteiger partial charge in [-0.05, 0) is 49.6 Å². The largest absolute Gasteiger partial charge is 0.459 e. The molecular weight excluding hydrogens is 294 g/mol. The number of carbonyl (C=O) groups is 1. The summed E-state index contributed by atoms with van der Waals surface area (Å²) in [6.45, 7) is 6.05. The summed E-state index contributed by atoms with van der Waals surface area (Å²) in [6.07, 6.45) is 1.77. The van der Waals surface area contributed by atoms with Crippen molar-refractivity contribution in [2.24, 2.45) is 0 Å². The average molecular weight is 311 g/mol. The standard InChI is InChI=1S/C17H17N3O3/c1-10-7-11(2)13(12(3)8-10)9-15(21)18-17-20-19-16(23-17)14-5-4-6-22-14/h4-8H,9H2,1-3H3,(H,18,20,21). The third-order valence-electron chi connectivity index (χ3n) is 3.58. The van der Waals surface area contributed by atoms with E-state index in [4.69, 9.17) is 8.83 Å². The van der Waals surface area contributed by atoms with E-state index in [0.29, 0.717) is 5.76 Å². The Balaban J connectivity index is 1.71. The van der Waals surface area contributed by atoms with Crippen LogP contribution in [0.3, 0.4) is 0 Å². The van der Waals surface area contributed by atoms with Gasteiger partial charge in [-0.25, -0.2) is 0 Å². The number of furan rings is 1. The minimum Gasteiger partial charge on any atom is -0.459 e. The zero-order valence-corrected chi connectivity index (χ0v) is 13.2. The Morgan fingerprint density at radius 1 is 1.17 bits per heavy atom. The molecule has 3 rings (SSSR count). The van der Waals surface area contributed by atoms with Gasteiger partial charge in [-0.2, -0.15) is 0 Å². The Labute approximate surface area is 133 Å². The molecule has 0 bridgehead atoms. The topological polar surface area (TPSA) is 81.2 Å². The van der Waals surface area contributed by atoms with E-state index in [2.05, 4.69) is 27.6 Å². The molecule has 2 heterocycles. The van der Waals surface area contributed by atoms with Crippen molar-refractivity contribution in [3.63, 3.8) is 0 Å². The second-order valence-corrected chi connectivity index (χ2v) is 5.49. The summed E-state index contributed by atoms with van der Waals surface area (Å²) in [4.78, 5) is 12.2. The fraction of sp³-hybridized carbons (Fsp3) is 0.235. The maximum Gasteiger partial charge on any atom is 0.322 e. The van der Waals surface area contributed by atoms with E-state index in [1.54, 1.807) is 12.1 Å². The van der Waals surface area contributed by atoms with Gasteiger partial charge in [0.15, 0.2) is 5.76 Å². The molecule has 6 nitrogen and oxygen atoms in total. The number of carbonyl (C=O) groups excluding carboxylic acids is 1. The Morgan fingerprint density at radius 3 is 2.57 bits per heavy atom. The molecular formula is C17H17N3O3. The maximum atomic E-state index is 12.2. The van der Waals surface area contributed by atoms with Crippen molar-refractivity contribution in [3.8, 4) is 11.7 Å². The number of nitrogens with zero attached hydrogens (tertiary/aromatic N) is 2. The molecule has 118 valence electrons. The summed E-state index contributed by atoms with van der Waals surface area (Å²) < 4.78 is 10.5. The van der Waals surface area contributed by atoms with E-state index >= 15 is 0 Å². The van der Waals surface area contributed by atoms with E-state index in [1.807, 2.05) is 20.8 Å². The van der Waals surface area contributed by atoms with Crippen molar-refractivity contribution in [1.29, 1.82) is 0 Å². The molecule has 6 heteroatoms. The van der Waals surface area contributed by atoms with Crippen LogP contribution in [0.5, 0.6) is 0 Å². The first-order valence-electron chi connectivity index (χ1n) is 7.27. The van der Waals surface area contributed by atoms with Crippen LogP contribution in [0, 0.1) is 20.8 Å². The molecule has 2 aromatic heterocycles. The Kier molecular flexibility index (Phi) is 3.97. The molecule has 0 unspecified atom stereocenters. The predicted molar refractivity (Wildman–Crippen MR) is 85.0 cm³/mol. The normalized spacial score (nSPS) is 10.7. The summed E-state index contributed by atoms with van der Waals surface area (Å²) in [6, 6.07) is 7.62. The zero-order valence-electron chi connectivity index (χ0n) is 13.2. The molecule has 0 aliphatic heterocycles. The second kappa shape index (κ2) is 6.08. The van der Waals surface area contributed by atoms with Gasteiger partial charge >= 0.3 is 6.01 Å². The molecule has 0 saturated heterocycles. The number of anilines is 1. The third-order valence-corrected chi connectivity index (χ3v) is 3.58. The molecule has 1 aromatic carbocycles. The fourth-order valence-electron chi connectivity index (χ4n) is 2.59. The molecule has 0 radical (unpaired) electrons. The third kappa shape index (κ3) is 3.31. The first kappa shape index (κ1) is 15.0. The van der Waals surface area contributed by atoms with Gasteiger partial charge in [0.1, 0.15) is 0 Å². The SMILES string of the molecule is Cc1cc(C)c(CC(=O)Nc2nnc(-c3ccco3)o2)c(C)c1. The summed E-state index contributed by atoms with van der Waals surface area (Å²) in [5.41, 5.74) is 4.39. The monoisotopic (exact) mass is 311 g/mol. The van der Waals surface area contributed by atoms with Crippen LogP contribution in [0.2, 0.25) is 0 Å². The summed E-state index contributed by atoms with van der Waals surface area (Å²) in [7, 11) is 0. The molecule has 1 amide bonds. The highest BCUT2D eigenvalue weighted by Gasteiger charge is 2.15. The van der Waals surface area contributed by atoms with Crippen LogP contribution in [0.1, 0.15) is 22.3 Å². The summed E-state index contributed by atoms with van der Waals surface area (Å²) in [5.74, 6) is 0.492. The van der Waals surface area contributed by atoms with Crippen molar-refractivity contribution < 1.29 is 13.6 Å². The van der Waals surface area contributed by atoms with Gasteiger partial charge in [0, 0.05) is 0 Å². The van der Waals surface area contributed by atoms with Gasteiger partial charge in [0.25, 0.3) is 5.89 Å². The van der Waals surface area contributed by atoms with Crippen LogP contribution in [0.4, 0.5) is 6.01 Å². The summed E-state index contributed by atoms with van der Waals surface area (Å²) in [5, 5.41) is 10.3. The minimum absolute atomic E-state index is 0.0591. The smallest absolute Gasteiger partial charge is 0.322 e. The Bertz CT molecular complexity index is 812. The van der Waals surface area contributed by atoms with E-state index < -0.39 is 0 Å². The number of hydrogen-bond acceptors (Lipinski definition) is 5. The van der Waals surface area contributed by atoms with Gasteiger partial charge in [-0.1, -0.05) is 22.8 Å². The van der Waals surface area contributed by atoms with E-state index in [-0.39, 0.29) is 24.2 Å². The number of amides is 1. The van der Waals surface area contributed by atoms with Crippen LogP contribution in [0.25, 0.3) is 11.7 Å². The maximum absolute atomic E-state index is 12.2. The molecule has 0 aliphatic carbocycles. The van der Waals surface area contributed by atoms with Crippen molar-refractivity contribution in [2.45, 2.75) is 27.2 Å². The predicted octanol–water partition coefficient (Wildman–Crippen LogP) is 3.44. The molecule has 23 heavy (non-hydrogen) atoms. The van der Waals surface area contributed by atoms with E-state index in [0.717, 1.165) is 16.7 Å². The van der Waals surface area contributed by atoms with Crippen LogP contribution in [-0.2, 0) is 11.2 Å². The highest BCUT2D eigenvalue weighted by Crippen LogP contribution is 2.21. The number of nitrogens with one attached hydrogen (secondary N) is 1. The highest BCUT2D eigenvalue weighted by atomic mass is 16.4. The number of aryl methyl sites for hydroxylation is 3. The van der Waals surface area contributed by atoms with Gasteiger partial charge in [-0.15, -0.1) is 5.10 Å². The van der Waals surface area contributed by atoms with Crippen molar-refractivity contribution in [1.82, 2.24) is 10.2 Å². The van der Waals surface area contributed by atoms with Gasteiger partial charge in [0.05, 0.1) is 12.7 Å². The van der Waals surface area contributed by atoms with Crippen LogP contribution < -0.4 is 5.32 Å². The quantitative estimate of drug-likeness (QED) is 0.798. The first-order valence-corrected chi connectivity index (χ1v) is 7.27. The molecule has 0 saturated carbocycles. The number of aromatic nitrogens is 2. The lowest BCUT2D eigenvalue weighted by atomic mass is 9.97. The number of benzene rings is 1. The first-order chi connectivity index (χ1) is 11.0. The van der Waals surface area contributed by atoms with Crippen LogP contribution in [-0.4, -0.2) is 16.1 Å². The minimum atomic E-state index is -0.199. The Morgan fingerprint density at radius 2 is 1.91 bits per heavy atom. The lowest BCUT2D eigenvalue weighted by Gasteiger charge is -2.10. The Hall–Kier alpha value is -2.89. The fourth-order valence-corrected chi connectivity index (χ4v) is 2.59. The summed E-state index contributed by atoms with van der Waals surface area (Å²) >= 11 is 0. The van der Waals surface area contributed by atoms with Crippen molar-refractivity contribution in [3.05, 3.63) is 52.8 Å². The zero-order chi connectivity index (χ0) is 16.4. The van der Waals surface area contributed by atoms with Gasteiger partial charge in [0.2, 0.25) is 5.91 Å². The number of rotatable bonds is 4. The lowest BCUT2D eigenvalue weighted by Crippen LogP contribution is -2.16. The molecule has 0 aliphatic rings. The average Bonchev–Trinajstić information content (AvgIpc) is 3.13. The lowest BCUT2D eigenvalue weighted by molar-refractivity contribution is -0.115. The van der Waals surface area contributed by atoms with Crippen LogP contribution in [0.15, 0.2) is 39.4 Å². The van der Waals surface area contributed by atoms with Crippen LogP contribution >= 0.6 is 0 Å². The molecule has 0 fully saturated rings. The van der Waals surface area contributed by atoms with Gasteiger partial charge in [-0.3, -0.25) is 10.1 Å². The molecule has 3 aromatic rings. The second-order valence-electron chi connectivity index (χ2n) is 5.49.